The lowest BCUT2D eigenvalue weighted by Gasteiger charge is -2.40. The molecule has 6 heteroatoms. The van der Waals surface area contributed by atoms with Crippen molar-refractivity contribution in [3.8, 4) is 0 Å². The number of nitrogens with one attached hydrogen (secondary N) is 2. The van der Waals surface area contributed by atoms with Gasteiger partial charge in [0.25, 0.3) is 0 Å². The van der Waals surface area contributed by atoms with Crippen LogP contribution in [0.3, 0.4) is 0 Å². The number of piperazine rings is 1. The molecular formula is C27H38ClN5. The molecule has 5 rings (SSSR count). The van der Waals surface area contributed by atoms with Gasteiger partial charge in [-0.2, -0.15) is 0 Å². The van der Waals surface area contributed by atoms with Gasteiger partial charge in [0.05, 0.1) is 18.4 Å². The summed E-state index contributed by atoms with van der Waals surface area (Å²) in [5, 5.41) is 7.46. The Morgan fingerprint density at radius 2 is 1.88 bits per heavy atom. The molecule has 0 aromatic heterocycles. The zero-order chi connectivity index (χ0) is 22.5. The van der Waals surface area contributed by atoms with Crippen LogP contribution in [0, 0.1) is 0 Å². The minimum absolute atomic E-state index is 0.293. The van der Waals surface area contributed by atoms with Gasteiger partial charge >= 0.3 is 0 Å². The Morgan fingerprint density at radius 3 is 2.73 bits per heavy atom. The highest BCUT2D eigenvalue weighted by Gasteiger charge is 2.33. The van der Waals surface area contributed by atoms with E-state index >= 15 is 0 Å². The van der Waals surface area contributed by atoms with Gasteiger partial charge in [0.15, 0.2) is 0 Å². The lowest BCUT2D eigenvalue weighted by Crippen LogP contribution is -2.48. The van der Waals surface area contributed by atoms with E-state index in [2.05, 4.69) is 51.0 Å². The van der Waals surface area contributed by atoms with E-state index in [1.807, 2.05) is 0 Å². The molecule has 1 aliphatic carbocycles. The van der Waals surface area contributed by atoms with E-state index < -0.39 is 0 Å². The fourth-order valence-electron chi connectivity index (χ4n) is 5.80. The summed E-state index contributed by atoms with van der Waals surface area (Å²) in [6, 6.07) is 6.82. The van der Waals surface area contributed by atoms with E-state index in [4.69, 9.17) is 16.6 Å². The molecule has 1 saturated heterocycles. The monoisotopic (exact) mass is 467 g/mol. The smallest absolute Gasteiger partial charge is 0.0843 e. The highest BCUT2D eigenvalue weighted by molar-refractivity contribution is 6.30. The summed E-state index contributed by atoms with van der Waals surface area (Å²) in [4.78, 5) is 10.3. The first-order valence-corrected chi connectivity index (χ1v) is 13.3. The summed E-state index contributed by atoms with van der Waals surface area (Å²) in [6.07, 6.45) is 15.2. The highest BCUT2D eigenvalue weighted by atomic mass is 35.5. The molecule has 1 aromatic carbocycles. The molecule has 4 aliphatic rings. The molecule has 3 aliphatic heterocycles. The predicted molar refractivity (Wildman–Crippen MR) is 138 cm³/mol. The molecule has 0 spiro atoms. The molecule has 1 atom stereocenters. The average Bonchev–Trinajstić information content (AvgIpc) is 3.30. The number of nitrogens with zero attached hydrogens (tertiary/aromatic N) is 3. The SMILES string of the molecule is Clc1ccc2c(c1)CCC1=C(N=CCC1)C2N1CCN(CCCCCCC2=CNCN2)CC1. The summed E-state index contributed by atoms with van der Waals surface area (Å²) in [5.41, 5.74) is 7.11. The van der Waals surface area contributed by atoms with Crippen molar-refractivity contribution in [1.29, 1.82) is 0 Å². The van der Waals surface area contributed by atoms with Crippen LogP contribution in [0.5, 0.6) is 0 Å². The van der Waals surface area contributed by atoms with Gasteiger partial charge < -0.3 is 15.5 Å². The number of halogens is 1. The van der Waals surface area contributed by atoms with E-state index in [9.17, 15) is 0 Å². The summed E-state index contributed by atoms with van der Waals surface area (Å²) in [7, 11) is 0. The third-order valence-electron chi connectivity index (χ3n) is 7.66. The number of hydrogen-bond donors (Lipinski definition) is 2. The number of allylic oxidation sites excluding steroid dienone is 2. The number of fused-ring (bicyclic) bond motifs is 1. The highest BCUT2D eigenvalue weighted by Crippen LogP contribution is 2.41. The molecule has 1 fully saturated rings. The molecule has 0 amide bonds. The maximum Gasteiger partial charge on any atom is 0.0843 e. The number of benzene rings is 1. The molecule has 2 N–H and O–H groups in total. The van der Waals surface area contributed by atoms with E-state index in [0.29, 0.717) is 6.04 Å². The average molecular weight is 468 g/mol. The Labute approximate surface area is 204 Å². The quantitative estimate of drug-likeness (QED) is 0.527. The third kappa shape index (κ3) is 5.64. The maximum absolute atomic E-state index is 6.38. The van der Waals surface area contributed by atoms with Gasteiger partial charge in [0.2, 0.25) is 0 Å². The number of rotatable bonds is 8. The first kappa shape index (κ1) is 22.9. The predicted octanol–water partition coefficient (Wildman–Crippen LogP) is 5.01. The number of unbranched alkanes of at least 4 members (excludes halogenated alkanes) is 3. The lowest BCUT2D eigenvalue weighted by atomic mass is 9.95. The van der Waals surface area contributed by atoms with Gasteiger partial charge in [-0.1, -0.05) is 30.5 Å². The largest absolute Gasteiger partial charge is 0.372 e. The second-order valence-corrected chi connectivity index (χ2v) is 10.3. The molecular weight excluding hydrogens is 430 g/mol. The van der Waals surface area contributed by atoms with Gasteiger partial charge in [-0.05, 0) is 80.3 Å². The number of aryl methyl sites for hydroxylation is 1. The van der Waals surface area contributed by atoms with Crippen LogP contribution in [0.15, 0.2) is 46.4 Å². The van der Waals surface area contributed by atoms with E-state index in [-0.39, 0.29) is 0 Å². The fraction of sp³-hybridized carbons (Fsp3) is 0.593. The van der Waals surface area contributed by atoms with Crippen molar-refractivity contribution in [3.63, 3.8) is 0 Å². The van der Waals surface area contributed by atoms with Crippen LogP contribution >= 0.6 is 11.6 Å². The van der Waals surface area contributed by atoms with Gasteiger partial charge in [-0.3, -0.25) is 9.89 Å². The van der Waals surface area contributed by atoms with Crippen LogP contribution in [0.2, 0.25) is 5.02 Å². The van der Waals surface area contributed by atoms with Crippen LogP contribution in [-0.2, 0) is 6.42 Å². The summed E-state index contributed by atoms with van der Waals surface area (Å²) in [5.74, 6) is 0. The van der Waals surface area contributed by atoms with Gasteiger partial charge in [0.1, 0.15) is 0 Å². The molecule has 0 bridgehead atoms. The van der Waals surface area contributed by atoms with Crippen molar-refractivity contribution in [2.24, 2.45) is 4.99 Å². The van der Waals surface area contributed by atoms with Crippen molar-refractivity contribution >= 4 is 17.8 Å². The summed E-state index contributed by atoms with van der Waals surface area (Å²) in [6.45, 7) is 6.69. The third-order valence-corrected chi connectivity index (χ3v) is 7.89. The standard InChI is InChI=1S/C27H38ClN5/c28-23-10-11-25-22(18-23)9-8-21-6-5-12-30-26(21)27(25)33-16-14-32(15-17-33)13-4-2-1-3-7-24-19-29-20-31-24/h10-12,18-19,27,29,31H,1-9,13-17,20H2. The van der Waals surface area contributed by atoms with Crippen LogP contribution in [0.25, 0.3) is 0 Å². The van der Waals surface area contributed by atoms with E-state index in [0.717, 1.165) is 57.1 Å². The molecule has 0 radical (unpaired) electrons. The zero-order valence-electron chi connectivity index (χ0n) is 19.8. The van der Waals surface area contributed by atoms with E-state index in [1.165, 1.54) is 67.6 Å². The summed E-state index contributed by atoms with van der Waals surface area (Å²) < 4.78 is 0. The molecule has 1 unspecified atom stereocenters. The van der Waals surface area contributed by atoms with Crippen molar-refractivity contribution in [2.45, 2.75) is 63.8 Å². The van der Waals surface area contributed by atoms with Gasteiger partial charge in [0, 0.05) is 49.3 Å². The van der Waals surface area contributed by atoms with Crippen LogP contribution in [0.1, 0.15) is 68.5 Å². The Bertz CT molecular complexity index is 913. The molecule has 178 valence electrons. The van der Waals surface area contributed by atoms with Crippen LogP contribution in [-0.4, -0.2) is 55.4 Å². The minimum atomic E-state index is 0.293. The Hall–Kier alpha value is -1.82. The van der Waals surface area contributed by atoms with Crippen molar-refractivity contribution in [1.82, 2.24) is 20.4 Å². The van der Waals surface area contributed by atoms with Crippen LogP contribution in [0.4, 0.5) is 0 Å². The molecule has 33 heavy (non-hydrogen) atoms. The molecule has 0 saturated carbocycles. The van der Waals surface area contributed by atoms with Crippen molar-refractivity contribution < 1.29 is 0 Å². The fourth-order valence-corrected chi connectivity index (χ4v) is 5.99. The molecule has 1 aromatic rings. The van der Waals surface area contributed by atoms with E-state index in [1.54, 1.807) is 5.57 Å². The number of hydrogen-bond acceptors (Lipinski definition) is 5. The Kier molecular flexibility index (Phi) is 7.70. The van der Waals surface area contributed by atoms with Crippen molar-refractivity contribution in [3.05, 3.63) is 57.5 Å². The van der Waals surface area contributed by atoms with Crippen LogP contribution < -0.4 is 10.6 Å². The topological polar surface area (TPSA) is 42.9 Å². The lowest BCUT2D eigenvalue weighted by molar-refractivity contribution is 0.106. The van der Waals surface area contributed by atoms with Crippen molar-refractivity contribution in [2.75, 3.05) is 39.4 Å². The second kappa shape index (κ2) is 11.1. The molecule has 3 heterocycles. The Morgan fingerprint density at radius 1 is 1.00 bits per heavy atom. The first-order chi connectivity index (χ1) is 16.3. The van der Waals surface area contributed by atoms with Gasteiger partial charge in [-0.25, -0.2) is 0 Å². The number of aliphatic imine (C=N–C) groups is 1. The first-order valence-electron chi connectivity index (χ1n) is 12.9. The normalized spacial score (nSPS) is 23.4. The molecule has 5 nitrogen and oxygen atoms in total. The summed E-state index contributed by atoms with van der Waals surface area (Å²) >= 11 is 6.38. The van der Waals surface area contributed by atoms with Gasteiger partial charge in [-0.15, -0.1) is 0 Å². The second-order valence-electron chi connectivity index (χ2n) is 9.85. The maximum atomic E-state index is 6.38. The minimum Gasteiger partial charge on any atom is -0.372 e. The zero-order valence-corrected chi connectivity index (χ0v) is 20.5. The Balaban J connectivity index is 1.14.